The van der Waals surface area contributed by atoms with Gasteiger partial charge in [-0.3, -0.25) is 9.67 Å². The summed E-state index contributed by atoms with van der Waals surface area (Å²) in [4.78, 5) is 6.47. The van der Waals surface area contributed by atoms with E-state index in [2.05, 4.69) is 25.6 Å². The molecule has 1 aromatic carbocycles. The zero-order chi connectivity index (χ0) is 19.8. The number of methoxy groups -OCH3 is 1. The average molecular weight is 502 g/mol. The monoisotopic (exact) mass is 502 g/mol. The average Bonchev–Trinajstić information content (AvgIpc) is 3.07. The van der Waals surface area contributed by atoms with Gasteiger partial charge < -0.3 is 25.0 Å². The molecular formula is C19H31IN6O2. The smallest absolute Gasteiger partial charge is 0.195 e. The Kier molecular flexibility index (Phi) is 10.1. The summed E-state index contributed by atoms with van der Waals surface area (Å²) in [5.41, 5.74) is 2.02. The first-order chi connectivity index (χ1) is 13.0. The molecule has 9 heteroatoms. The number of nitrogens with zero attached hydrogens (tertiary/aromatic N) is 4. The van der Waals surface area contributed by atoms with Crippen molar-refractivity contribution in [2.24, 2.45) is 12.0 Å². The van der Waals surface area contributed by atoms with Crippen LogP contribution >= 0.6 is 24.0 Å². The van der Waals surface area contributed by atoms with Gasteiger partial charge in [0.2, 0.25) is 0 Å². The first kappa shape index (κ1) is 24.0. The first-order valence-corrected chi connectivity index (χ1v) is 8.92. The molecule has 1 unspecified atom stereocenters. The van der Waals surface area contributed by atoms with Crippen LogP contribution in [0.2, 0.25) is 0 Å². The van der Waals surface area contributed by atoms with E-state index >= 15 is 0 Å². The van der Waals surface area contributed by atoms with E-state index in [1.54, 1.807) is 14.2 Å². The predicted octanol–water partition coefficient (Wildman–Crippen LogP) is 2.74. The van der Waals surface area contributed by atoms with Gasteiger partial charge in [-0.15, -0.1) is 24.0 Å². The van der Waals surface area contributed by atoms with E-state index in [4.69, 9.17) is 9.47 Å². The minimum atomic E-state index is 0. The Bertz CT molecular complexity index is 763. The zero-order valence-electron chi connectivity index (χ0n) is 17.4. The molecule has 0 spiro atoms. The van der Waals surface area contributed by atoms with Crippen LogP contribution in [0.3, 0.4) is 0 Å². The standard InChI is InChI=1S/C19H30N6O2.HI/c1-7-27-18-10-15(8-9-17(18)26-6)23-19(20-2)21-12-16(24(3)4)14-11-22-25(5)13-14;/h8-11,13,16H,7,12H2,1-6H3,(H2,20,21,23);1H. The molecule has 2 aromatic rings. The second-order valence-electron chi connectivity index (χ2n) is 6.30. The molecule has 1 aromatic heterocycles. The Morgan fingerprint density at radius 3 is 2.61 bits per heavy atom. The summed E-state index contributed by atoms with van der Waals surface area (Å²) < 4.78 is 12.8. The fourth-order valence-electron chi connectivity index (χ4n) is 2.74. The number of aliphatic imine (C=N–C) groups is 1. The van der Waals surface area contributed by atoms with Crippen molar-refractivity contribution < 1.29 is 9.47 Å². The SMILES string of the molecule is CCOc1cc(NC(=NC)NCC(c2cnn(C)c2)N(C)C)ccc1OC.I. The number of nitrogens with one attached hydrogen (secondary N) is 2. The molecule has 0 bridgehead atoms. The zero-order valence-corrected chi connectivity index (χ0v) is 19.7. The Balaban J connectivity index is 0.00000392. The molecule has 0 radical (unpaired) electrons. The highest BCUT2D eigenvalue weighted by atomic mass is 127. The van der Waals surface area contributed by atoms with Gasteiger partial charge in [0.25, 0.3) is 0 Å². The maximum atomic E-state index is 5.63. The number of aryl methyl sites for hydroxylation is 1. The number of anilines is 1. The topological polar surface area (TPSA) is 75.9 Å². The van der Waals surface area contributed by atoms with Gasteiger partial charge in [0.15, 0.2) is 17.5 Å². The maximum absolute atomic E-state index is 5.63. The third-order valence-corrected chi connectivity index (χ3v) is 4.15. The van der Waals surface area contributed by atoms with Gasteiger partial charge >= 0.3 is 0 Å². The number of benzene rings is 1. The van der Waals surface area contributed by atoms with Gasteiger partial charge in [-0.25, -0.2) is 0 Å². The Morgan fingerprint density at radius 2 is 2.07 bits per heavy atom. The lowest BCUT2D eigenvalue weighted by Gasteiger charge is -2.24. The summed E-state index contributed by atoms with van der Waals surface area (Å²) in [7, 11) is 9.40. The quantitative estimate of drug-likeness (QED) is 0.329. The summed E-state index contributed by atoms with van der Waals surface area (Å²) in [6.07, 6.45) is 3.92. The molecule has 2 rings (SSSR count). The van der Waals surface area contributed by atoms with Gasteiger partial charge in [0.1, 0.15) is 0 Å². The van der Waals surface area contributed by atoms with Crippen LogP contribution in [-0.4, -0.2) is 62.0 Å². The molecule has 0 aliphatic carbocycles. The maximum Gasteiger partial charge on any atom is 0.195 e. The molecular weight excluding hydrogens is 471 g/mol. The number of hydrogen-bond acceptors (Lipinski definition) is 5. The number of halogens is 1. The molecule has 0 saturated carbocycles. The molecule has 0 fully saturated rings. The van der Waals surface area contributed by atoms with E-state index < -0.39 is 0 Å². The van der Waals surface area contributed by atoms with E-state index in [1.807, 2.05) is 63.3 Å². The lowest BCUT2D eigenvalue weighted by molar-refractivity contribution is 0.298. The number of aromatic nitrogens is 2. The van der Waals surface area contributed by atoms with Gasteiger partial charge in [-0.05, 0) is 33.2 Å². The molecule has 8 nitrogen and oxygen atoms in total. The van der Waals surface area contributed by atoms with Crippen molar-refractivity contribution in [1.29, 1.82) is 0 Å². The number of likely N-dealkylation sites (N-methyl/N-ethyl adjacent to an activating group) is 1. The molecule has 0 amide bonds. The number of hydrogen-bond donors (Lipinski definition) is 2. The van der Waals surface area contributed by atoms with Crippen LogP contribution in [0.4, 0.5) is 5.69 Å². The largest absolute Gasteiger partial charge is 0.493 e. The first-order valence-electron chi connectivity index (χ1n) is 8.92. The van der Waals surface area contributed by atoms with Crippen molar-refractivity contribution in [2.75, 3.05) is 46.7 Å². The molecule has 2 N–H and O–H groups in total. The number of ether oxygens (including phenoxy) is 2. The van der Waals surface area contributed by atoms with Gasteiger partial charge in [-0.2, -0.15) is 5.10 Å². The Hall–Kier alpha value is -2.01. The summed E-state index contributed by atoms with van der Waals surface area (Å²) in [5.74, 6) is 2.08. The van der Waals surface area contributed by atoms with E-state index in [0.717, 1.165) is 11.3 Å². The van der Waals surface area contributed by atoms with E-state index in [0.29, 0.717) is 30.6 Å². The van der Waals surface area contributed by atoms with Gasteiger partial charge in [0, 0.05) is 44.2 Å². The van der Waals surface area contributed by atoms with Crippen LogP contribution in [0.1, 0.15) is 18.5 Å². The van der Waals surface area contributed by atoms with Crippen LogP contribution in [0.25, 0.3) is 0 Å². The highest BCUT2D eigenvalue weighted by Gasteiger charge is 2.16. The summed E-state index contributed by atoms with van der Waals surface area (Å²) in [6.45, 7) is 3.20. The third kappa shape index (κ3) is 6.55. The van der Waals surface area contributed by atoms with Crippen molar-refractivity contribution in [3.05, 3.63) is 36.2 Å². The van der Waals surface area contributed by atoms with Crippen molar-refractivity contribution in [1.82, 2.24) is 20.0 Å². The van der Waals surface area contributed by atoms with Crippen LogP contribution in [0.15, 0.2) is 35.6 Å². The van der Waals surface area contributed by atoms with Crippen LogP contribution in [0.5, 0.6) is 11.5 Å². The summed E-state index contributed by atoms with van der Waals surface area (Å²) in [5, 5.41) is 10.9. The number of rotatable bonds is 8. The molecule has 1 heterocycles. The van der Waals surface area contributed by atoms with E-state index in [1.165, 1.54) is 0 Å². The van der Waals surface area contributed by atoms with E-state index in [9.17, 15) is 0 Å². The van der Waals surface area contributed by atoms with Crippen molar-refractivity contribution >= 4 is 35.6 Å². The minimum Gasteiger partial charge on any atom is -0.493 e. The fourth-order valence-corrected chi connectivity index (χ4v) is 2.74. The van der Waals surface area contributed by atoms with Crippen LogP contribution < -0.4 is 20.1 Å². The number of guanidine groups is 1. The summed E-state index contributed by atoms with van der Waals surface area (Å²) >= 11 is 0. The second-order valence-corrected chi connectivity index (χ2v) is 6.30. The lowest BCUT2D eigenvalue weighted by atomic mass is 10.1. The highest BCUT2D eigenvalue weighted by molar-refractivity contribution is 14.0. The lowest BCUT2D eigenvalue weighted by Crippen LogP contribution is -2.37. The van der Waals surface area contributed by atoms with Crippen molar-refractivity contribution in [3.63, 3.8) is 0 Å². The molecule has 156 valence electrons. The minimum absolute atomic E-state index is 0. The van der Waals surface area contributed by atoms with Gasteiger partial charge in [0.05, 0.1) is 26.0 Å². The highest BCUT2D eigenvalue weighted by Crippen LogP contribution is 2.30. The molecule has 0 saturated heterocycles. The Labute approximate surface area is 184 Å². The Morgan fingerprint density at radius 1 is 1.32 bits per heavy atom. The van der Waals surface area contributed by atoms with Crippen LogP contribution in [0, 0.1) is 0 Å². The molecule has 1 atom stereocenters. The van der Waals surface area contributed by atoms with Gasteiger partial charge in [-0.1, -0.05) is 0 Å². The predicted molar refractivity (Wildman–Crippen MR) is 124 cm³/mol. The molecule has 0 aliphatic rings. The molecule has 28 heavy (non-hydrogen) atoms. The molecule has 0 aliphatic heterocycles. The van der Waals surface area contributed by atoms with Crippen molar-refractivity contribution in [3.8, 4) is 11.5 Å². The van der Waals surface area contributed by atoms with Crippen LogP contribution in [-0.2, 0) is 7.05 Å². The summed E-state index contributed by atoms with van der Waals surface area (Å²) in [6, 6.07) is 5.88. The van der Waals surface area contributed by atoms with Crippen molar-refractivity contribution in [2.45, 2.75) is 13.0 Å². The fraction of sp³-hybridized carbons (Fsp3) is 0.474. The second kappa shape index (κ2) is 11.7. The van der Waals surface area contributed by atoms with E-state index in [-0.39, 0.29) is 30.0 Å². The normalized spacial score (nSPS) is 12.3. The third-order valence-electron chi connectivity index (χ3n) is 4.15.